The topological polar surface area (TPSA) is 20.2 Å². The smallest absolute Gasteiger partial charge is 0.116 e. The molecule has 0 spiro atoms. The largest absolute Gasteiger partial charge is 0.508 e. The molecule has 0 aliphatic heterocycles. The van der Waals surface area contributed by atoms with Gasteiger partial charge in [0.1, 0.15) is 5.75 Å². The van der Waals surface area contributed by atoms with Gasteiger partial charge in [0.25, 0.3) is 0 Å². The highest BCUT2D eigenvalue weighted by molar-refractivity contribution is 6.32. The number of rotatable bonds is 0. The average Bonchev–Trinajstić information content (AvgIpc) is 2.76. The van der Waals surface area contributed by atoms with Crippen molar-refractivity contribution >= 4 is 32.3 Å². The lowest BCUT2D eigenvalue weighted by atomic mass is 10.0. The van der Waals surface area contributed by atoms with E-state index in [2.05, 4.69) is 42.5 Å². The van der Waals surface area contributed by atoms with E-state index in [1.807, 2.05) is 12.1 Å². The second-order valence-corrected chi connectivity index (χ2v) is 5.22. The van der Waals surface area contributed by atoms with E-state index >= 15 is 0 Å². The van der Waals surface area contributed by atoms with Crippen LogP contribution in [-0.2, 0) is 0 Å². The van der Waals surface area contributed by atoms with Gasteiger partial charge in [-0.1, -0.05) is 42.5 Å². The van der Waals surface area contributed by atoms with Crippen LogP contribution in [0.1, 0.15) is 0 Å². The minimum atomic E-state index is 0.339. The Hall–Kier alpha value is -2.54. The maximum atomic E-state index is 9.93. The molecule has 1 nitrogen and oxygen atoms in total. The first-order valence-electron chi connectivity index (χ1n) is 6.44. The molecule has 5 rings (SSSR count). The molecule has 0 bridgehead atoms. The highest BCUT2D eigenvalue weighted by Crippen LogP contribution is 2.48. The van der Waals surface area contributed by atoms with Gasteiger partial charge >= 0.3 is 0 Å². The fourth-order valence-corrected chi connectivity index (χ4v) is 3.48. The summed E-state index contributed by atoms with van der Waals surface area (Å²) in [6.45, 7) is 0. The lowest BCUT2D eigenvalue weighted by Crippen LogP contribution is -1.76. The van der Waals surface area contributed by atoms with Crippen LogP contribution in [0.15, 0.2) is 54.6 Å². The van der Waals surface area contributed by atoms with Gasteiger partial charge in [-0.3, -0.25) is 0 Å². The highest BCUT2D eigenvalue weighted by atomic mass is 16.3. The number of hydrogen-bond acceptors (Lipinski definition) is 1. The van der Waals surface area contributed by atoms with E-state index in [1.54, 1.807) is 0 Å². The van der Waals surface area contributed by atoms with Crippen LogP contribution >= 0.6 is 0 Å². The lowest BCUT2D eigenvalue weighted by Gasteiger charge is -2.04. The molecule has 0 saturated carbocycles. The molecule has 88 valence electrons. The van der Waals surface area contributed by atoms with Crippen molar-refractivity contribution in [2.75, 3.05) is 0 Å². The molecule has 4 aromatic rings. The molecule has 0 amide bonds. The second kappa shape index (κ2) is 2.89. The summed E-state index contributed by atoms with van der Waals surface area (Å²) in [6.07, 6.45) is 0. The molecule has 0 atom stereocenters. The first-order chi connectivity index (χ1) is 9.33. The van der Waals surface area contributed by atoms with Gasteiger partial charge in [0.2, 0.25) is 0 Å². The molecule has 0 heterocycles. The van der Waals surface area contributed by atoms with Crippen LogP contribution in [0.5, 0.6) is 5.75 Å². The lowest BCUT2D eigenvalue weighted by molar-refractivity contribution is 0.476. The van der Waals surface area contributed by atoms with Crippen molar-refractivity contribution in [2.45, 2.75) is 0 Å². The van der Waals surface area contributed by atoms with E-state index < -0.39 is 0 Å². The molecule has 0 saturated heterocycles. The minimum Gasteiger partial charge on any atom is -0.508 e. The van der Waals surface area contributed by atoms with Gasteiger partial charge in [0, 0.05) is 0 Å². The molecule has 0 radical (unpaired) electrons. The Morgan fingerprint density at radius 1 is 0.579 bits per heavy atom. The Labute approximate surface area is 109 Å². The van der Waals surface area contributed by atoms with Crippen LogP contribution in [0.3, 0.4) is 0 Å². The number of phenols is 1. The second-order valence-electron chi connectivity index (χ2n) is 5.22. The number of fused-ring (bicyclic) bond motifs is 1. The molecular weight excluding hydrogens is 232 g/mol. The maximum Gasteiger partial charge on any atom is 0.116 e. The Bertz CT molecular complexity index is 1010. The van der Waals surface area contributed by atoms with Crippen molar-refractivity contribution in [3.63, 3.8) is 0 Å². The molecule has 0 aromatic heterocycles. The summed E-state index contributed by atoms with van der Waals surface area (Å²) < 4.78 is 0. The van der Waals surface area contributed by atoms with E-state index in [9.17, 15) is 5.11 Å². The van der Waals surface area contributed by atoms with Crippen LogP contribution < -0.4 is 0 Å². The van der Waals surface area contributed by atoms with E-state index in [4.69, 9.17) is 0 Å². The Balaban J connectivity index is 2.26. The zero-order chi connectivity index (χ0) is 12.6. The van der Waals surface area contributed by atoms with Crippen molar-refractivity contribution in [2.24, 2.45) is 0 Å². The third-order valence-corrected chi connectivity index (χ3v) is 4.21. The summed E-state index contributed by atoms with van der Waals surface area (Å²) >= 11 is 0. The Morgan fingerprint density at radius 2 is 1.26 bits per heavy atom. The van der Waals surface area contributed by atoms with Gasteiger partial charge in [-0.2, -0.15) is 0 Å². The predicted octanol–water partition coefficient (Wildman–Crippen LogP) is 4.83. The van der Waals surface area contributed by atoms with Gasteiger partial charge < -0.3 is 5.11 Å². The van der Waals surface area contributed by atoms with Crippen LogP contribution in [0, 0.1) is 0 Å². The van der Waals surface area contributed by atoms with E-state index in [0.29, 0.717) is 5.75 Å². The summed E-state index contributed by atoms with van der Waals surface area (Å²) in [6, 6.07) is 18.7. The zero-order valence-electron chi connectivity index (χ0n) is 10.1. The maximum absolute atomic E-state index is 9.93. The predicted molar refractivity (Wildman–Crippen MR) is 79.6 cm³/mol. The quantitative estimate of drug-likeness (QED) is 0.385. The first-order valence-corrected chi connectivity index (χ1v) is 6.44. The molecule has 4 aromatic carbocycles. The third kappa shape index (κ3) is 0.980. The van der Waals surface area contributed by atoms with Gasteiger partial charge in [-0.25, -0.2) is 0 Å². The van der Waals surface area contributed by atoms with Crippen LogP contribution in [-0.4, -0.2) is 5.11 Å². The minimum absolute atomic E-state index is 0.339. The van der Waals surface area contributed by atoms with Crippen molar-refractivity contribution in [1.82, 2.24) is 0 Å². The average molecular weight is 242 g/mol. The summed E-state index contributed by atoms with van der Waals surface area (Å²) in [5.74, 6) is 0.339. The summed E-state index contributed by atoms with van der Waals surface area (Å²) in [5.41, 5.74) is 2.40. The number of aromatic hydroxyl groups is 1. The summed E-state index contributed by atoms with van der Waals surface area (Å²) in [5, 5.41) is 17.5. The first kappa shape index (κ1) is 9.40. The normalized spacial score (nSPS) is 12.4. The Morgan fingerprint density at radius 3 is 2.11 bits per heavy atom. The fourth-order valence-electron chi connectivity index (χ4n) is 3.48. The van der Waals surface area contributed by atoms with E-state index in [1.165, 1.54) is 32.5 Å². The molecular formula is C18H10O. The zero-order valence-corrected chi connectivity index (χ0v) is 10.1. The van der Waals surface area contributed by atoms with Gasteiger partial charge in [0.05, 0.1) is 0 Å². The van der Waals surface area contributed by atoms with Gasteiger partial charge in [0.15, 0.2) is 0 Å². The summed E-state index contributed by atoms with van der Waals surface area (Å²) in [7, 11) is 0. The van der Waals surface area contributed by atoms with Crippen molar-refractivity contribution in [3.05, 3.63) is 54.6 Å². The van der Waals surface area contributed by atoms with Crippen molar-refractivity contribution < 1.29 is 5.11 Å². The molecule has 0 fully saturated rings. The van der Waals surface area contributed by atoms with Crippen LogP contribution in [0.2, 0.25) is 0 Å². The molecule has 1 heteroatoms. The number of benzene rings is 4. The molecule has 1 aliphatic carbocycles. The highest BCUT2D eigenvalue weighted by Gasteiger charge is 2.20. The van der Waals surface area contributed by atoms with E-state index in [0.717, 1.165) is 10.9 Å². The van der Waals surface area contributed by atoms with Gasteiger partial charge in [-0.15, -0.1) is 0 Å². The van der Waals surface area contributed by atoms with Crippen LogP contribution in [0.25, 0.3) is 43.4 Å². The number of phenolic OH excluding ortho intramolecular Hbond substituents is 1. The van der Waals surface area contributed by atoms with E-state index in [-0.39, 0.29) is 0 Å². The van der Waals surface area contributed by atoms with Crippen molar-refractivity contribution in [1.29, 1.82) is 0 Å². The Kier molecular flexibility index (Phi) is 1.43. The molecule has 1 aliphatic rings. The molecule has 0 unspecified atom stereocenters. The molecule has 1 N–H and O–H groups in total. The fraction of sp³-hybridized carbons (Fsp3) is 0. The standard InChI is InChI=1S/C18H10O/c19-13-8-12-7-6-11-5-4-10-2-1-3-14-15(9-13)17(12)18(11)16(10)14/h1-9,19H. The van der Waals surface area contributed by atoms with Gasteiger partial charge in [-0.05, 0) is 55.6 Å². The monoisotopic (exact) mass is 242 g/mol. The molecule has 19 heavy (non-hydrogen) atoms. The number of hydrogen-bond donors (Lipinski definition) is 1. The van der Waals surface area contributed by atoms with Crippen LogP contribution in [0.4, 0.5) is 0 Å². The third-order valence-electron chi connectivity index (χ3n) is 4.21. The SMILES string of the molecule is Oc1cc2c3c(ccc4ccc5cccc-2c5c43)c1. The van der Waals surface area contributed by atoms with Crippen molar-refractivity contribution in [3.8, 4) is 16.9 Å². The summed E-state index contributed by atoms with van der Waals surface area (Å²) in [4.78, 5) is 0.